The van der Waals surface area contributed by atoms with Crippen molar-refractivity contribution in [3.05, 3.63) is 101 Å². The van der Waals surface area contributed by atoms with Gasteiger partial charge < -0.3 is 5.11 Å². The van der Waals surface area contributed by atoms with Crippen molar-refractivity contribution in [2.45, 2.75) is 29.9 Å². The number of hydrogen-bond donors (Lipinski definition) is 1. The van der Waals surface area contributed by atoms with Crippen LogP contribution in [-0.4, -0.2) is 5.11 Å². The Bertz CT molecular complexity index is 759. The van der Waals surface area contributed by atoms with E-state index in [0.717, 1.165) is 11.5 Å². The SMILES string of the molecule is Cc1ccc(CSC(SCc2ccc(C)cc2)c2ccc(O)cc2)cc1. The van der Waals surface area contributed by atoms with E-state index in [0.29, 0.717) is 10.3 Å². The molecule has 0 saturated carbocycles. The highest BCUT2D eigenvalue weighted by Gasteiger charge is 2.13. The summed E-state index contributed by atoms with van der Waals surface area (Å²) in [5.74, 6) is 2.28. The number of phenolic OH excluding ortho intramolecular Hbond substituents is 1. The normalized spacial score (nSPS) is 11.0. The van der Waals surface area contributed by atoms with Crippen LogP contribution in [0, 0.1) is 13.8 Å². The molecule has 0 radical (unpaired) electrons. The molecule has 0 aromatic heterocycles. The molecule has 0 saturated heterocycles. The largest absolute Gasteiger partial charge is 0.508 e. The van der Waals surface area contributed by atoms with E-state index in [1.54, 1.807) is 12.1 Å². The minimum Gasteiger partial charge on any atom is -0.508 e. The molecular weight excluding hydrogens is 356 g/mol. The third kappa shape index (κ3) is 5.58. The van der Waals surface area contributed by atoms with Gasteiger partial charge >= 0.3 is 0 Å². The summed E-state index contributed by atoms with van der Waals surface area (Å²) in [6.07, 6.45) is 0. The third-order valence-corrected chi connectivity index (χ3v) is 7.18. The van der Waals surface area contributed by atoms with Gasteiger partial charge in [-0.15, -0.1) is 23.5 Å². The maximum absolute atomic E-state index is 9.59. The van der Waals surface area contributed by atoms with E-state index in [9.17, 15) is 5.11 Å². The Morgan fingerprint density at radius 1 is 0.654 bits per heavy atom. The molecule has 3 aromatic carbocycles. The summed E-state index contributed by atoms with van der Waals surface area (Å²) >= 11 is 3.89. The number of benzene rings is 3. The minimum absolute atomic E-state index is 0.319. The van der Waals surface area contributed by atoms with E-state index < -0.39 is 0 Å². The lowest BCUT2D eigenvalue weighted by Gasteiger charge is -2.17. The Morgan fingerprint density at radius 2 is 1.08 bits per heavy atom. The van der Waals surface area contributed by atoms with Gasteiger partial charge in [-0.3, -0.25) is 0 Å². The van der Waals surface area contributed by atoms with Crippen LogP contribution in [0.3, 0.4) is 0 Å². The van der Waals surface area contributed by atoms with Crippen LogP contribution in [0.15, 0.2) is 72.8 Å². The van der Waals surface area contributed by atoms with Gasteiger partial charge in [-0.25, -0.2) is 0 Å². The molecule has 134 valence electrons. The second-order valence-corrected chi connectivity index (χ2v) is 9.00. The van der Waals surface area contributed by atoms with Gasteiger partial charge in [-0.05, 0) is 42.7 Å². The monoisotopic (exact) mass is 380 g/mol. The predicted octanol–water partition coefficient (Wildman–Crippen LogP) is 6.87. The van der Waals surface area contributed by atoms with Gasteiger partial charge in [0, 0.05) is 11.5 Å². The van der Waals surface area contributed by atoms with Crippen LogP contribution in [0.5, 0.6) is 5.75 Å². The summed E-state index contributed by atoms with van der Waals surface area (Å²) in [4.78, 5) is 0. The van der Waals surface area contributed by atoms with Gasteiger partial charge in [-0.2, -0.15) is 0 Å². The van der Waals surface area contributed by atoms with E-state index in [-0.39, 0.29) is 0 Å². The van der Waals surface area contributed by atoms with E-state index in [1.807, 2.05) is 35.7 Å². The van der Waals surface area contributed by atoms with Gasteiger partial charge in [0.15, 0.2) is 0 Å². The fraction of sp³-hybridized carbons (Fsp3) is 0.217. The average molecular weight is 381 g/mol. The molecule has 0 aliphatic heterocycles. The lowest BCUT2D eigenvalue weighted by atomic mass is 10.2. The Balaban J connectivity index is 1.69. The fourth-order valence-corrected chi connectivity index (χ4v) is 5.15. The van der Waals surface area contributed by atoms with Crippen LogP contribution in [0.25, 0.3) is 0 Å². The zero-order valence-electron chi connectivity index (χ0n) is 15.2. The van der Waals surface area contributed by atoms with Crippen LogP contribution in [0.1, 0.15) is 32.4 Å². The van der Waals surface area contributed by atoms with Crippen LogP contribution in [0.4, 0.5) is 0 Å². The quantitative estimate of drug-likeness (QED) is 0.451. The van der Waals surface area contributed by atoms with Gasteiger partial charge in [0.1, 0.15) is 5.75 Å². The van der Waals surface area contributed by atoms with Crippen molar-refractivity contribution in [2.75, 3.05) is 0 Å². The summed E-state index contributed by atoms with van der Waals surface area (Å²) < 4.78 is 0.332. The number of aryl methyl sites for hydroxylation is 2. The molecule has 26 heavy (non-hydrogen) atoms. The van der Waals surface area contributed by atoms with Gasteiger partial charge in [0.05, 0.1) is 4.58 Å². The smallest absolute Gasteiger partial charge is 0.115 e. The molecule has 0 atom stereocenters. The lowest BCUT2D eigenvalue weighted by molar-refractivity contribution is 0.475. The highest BCUT2D eigenvalue weighted by Crippen LogP contribution is 2.43. The molecule has 1 nitrogen and oxygen atoms in total. The number of thioether (sulfide) groups is 2. The summed E-state index contributed by atoms with van der Waals surface area (Å²) in [7, 11) is 0. The zero-order chi connectivity index (χ0) is 18.4. The molecule has 0 aliphatic carbocycles. The van der Waals surface area contributed by atoms with Crippen molar-refractivity contribution >= 4 is 23.5 Å². The standard InChI is InChI=1S/C23H24OS2/c1-17-3-7-19(8-4-17)15-25-23(21-11-13-22(24)14-12-21)26-16-20-9-5-18(2)6-10-20/h3-14,23-24H,15-16H2,1-2H3. The summed E-state index contributed by atoms with van der Waals surface area (Å²) in [6.45, 7) is 4.24. The topological polar surface area (TPSA) is 20.2 Å². The van der Waals surface area contributed by atoms with Crippen LogP contribution in [-0.2, 0) is 11.5 Å². The number of hydrogen-bond acceptors (Lipinski definition) is 3. The number of rotatable bonds is 7. The number of phenols is 1. The predicted molar refractivity (Wildman–Crippen MR) is 116 cm³/mol. The average Bonchev–Trinajstić information content (AvgIpc) is 2.65. The van der Waals surface area contributed by atoms with Crippen LogP contribution < -0.4 is 0 Å². The van der Waals surface area contributed by atoms with Crippen molar-refractivity contribution in [1.29, 1.82) is 0 Å². The van der Waals surface area contributed by atoms with Crippen LogP contribution >= 0.6 is 23.5 Å². The third-order valence-electron chi connectivity index (χ3n) is 4.21. The molecule has 0 heterocycles. The fourth-order valence-electron chi connectivity index (χ4n) is 2.58. The highest BCUT2D eigenvalue weighted by molar-refractivity contribution is 8.15. The first kappa shape index (κ1) is 18.9. The molecule has 0 amide bonds. The second kappa shape index (κ2) is 9.20. The van der Waals surface area contributed by atoms with E-state index in [2.05, 4.69) is 62.4 Å². The van der Waals surface area contributed by atoms with E-state index >= 15 is 0 Å². The van der Waals surface area contributed by atoms with E-state index in [4.69, 9.17) is 0 Å². The molecule has 0 bridgehead atoms. The minimum atomic E-state index is 0.319. The van der Waals surface area contributed by atoms with Crippen molar-refractivity contribution in [1.82, 2.24) is 0 Å². The highest BCUT2D eigenvalue weighted by atomic mass is 32.2. The van der Waals surface area contributed by atoms with Crippen LogP contribution in [0.2, 0.25) is 0 Å². The van der Waals surface area contributed by atoms with Crippen molar-refractivity contribution in [2.24, 2.45) is 0 Å². The molecule has 0 spiro atoms. The maximum Gasteiger partial charge on any atom is 0.115 e. The lowest BCUT2D eigenvalue weighted by Crippen LogP contribution is -1.93. The first-order chi connectivity index (χ1) is 12.6. The van der Waals surface area contributed by atoms with Gasteiger partial charge in [0.25, 0.3) is 0 Å². The van der Waals surface area contributed by atoms with Gasteiger partial charge in [0.2, 0.25) is 0 Å². The van der Waals surface area contributed by atoms with Crippen molar-refractivity contribution in [3.8, 4) is 5.75 Å². The molecule has 0 unspecified atom stereocenters. The maximum atomic E-state index is 9.59. The first-order valence-electron chi connectivity index (χ1n) is 8.73. The second-order valence-electron chi connectivity index (χ2n) is 6.52. The molecule has 3 heteroatoms. The Morgan fingerprint density at radius 3 is 1.50 bits per heavy atom. The molecule has 0 fully saturated rings. The number of aromatic hydroxyl groups is 1. The molecule has 3 aromatic rings. The molecular formula is C23H24OS2. The summed E-state index contributed by atoms with van der Waals surface area (Å²) in [6, 6.07) is 25.1. The first-order valence-corrected chi connectivity index (χ1v) is 10.8. The summed E-state index contributed by atoms with van der Waals surface area (Å²) in [5.41, 5.74) is 6.53. The Labute approximate surface area is 164 Å². The zero-order valence-corrected chi connectivity index (χ0v) is 16.8. The van der Waals surface area contributed by atoms with Gasteiger partial charge in [-0.1, -0.05) is 71.8 Å². The van der Waals surface area contributed by atoms with Crippen molar-refractivity contribution in [3.63, 3.8) is 0 Å². The summed E-state index contributed by atoms with van der Waals surface area (Å²) in [5, 5.41) is 9.59. The van der Waals surface area contributed by atoms with E-state index in [1.165, 1.54) is 27.8 Å². The molecule has 0 aliphatic rings. The van der Waals surface area contributed by atoms with Crippen molar-refractivity contribution < 1.29 is 5.11 Å². The molecule has 1 N–H and O–H groups in total. The molecule has 3 rings (SSSR count). The Kier molecular flexibility index (Phi) is 6.70. The Hall–Kier alpha value is -1.84.